The quantitative estimate of drug-likeness (QED) is 0.540. The molecule has 0 radical (unpaired) electrons. The van der Waals surface area contributed by atoms with Gasteiger partial charge in [-0.05, 0) is 24.1 Å². The molecule has 0 spiro atoms. The number of benzene rings is 1. The molecule has 0 fully saturated rings. The number of methoxy groups -OCH3 is 1. The van der Waals surface area contributed by atoms with Crippen molar-refractivity contribution in [2.75, 3.05) is 19.0 Å². The van der Waals surface area contributed by atoms with Gasteiger partial charge in [-0.25, -0.2) is 0 Å². The van der Waals surface area contributed by atoms with Gasteiger partial charge in [-0.3, -0.25) is 4.79 Å². The maximum Gasteiger partial charge on any atom is 0.309 e. The highest BCUT2D eigenvalue weighted by molar-refractivity contribution is 9.09. The molecule has 0 saturated carbocycles. The molecule has 1 aromatic rings. The second-order valence-electron chi connectivity index (χ2n) is 4.52. The summed E-state index contributed by atoms with van der Waals surface area (Å²) in [6, 6.07) is 7.59. The van der Waals surface area contributed by atoms with Crippen molar-refractivity contribution < 1.29 is 14.3 Å². The summed E-state index contributed by atoms with van der Waals surface area (Å²) < 4.78 is 10.4. The Morgan fingerprint density at radius 1 is 1.32 bits per heavy atom. The Morgan fingerprint density at radius 2 is 2.00 bits per heavy atom. The topological polar surface area (TPSA) is 35.5 Å². The van der Waals surface area contributed by atoms with Gasteiger partial charge in [0, 0.05) is 11.2 Å². The van der Waals surface area contributed by atoms with Gasteiger partial charge in [0.05, 0.1) is 20.1 Å². The molecule has 0 saturated heterocycles. The lowest BCUT2D eigenvalue weighted by molar-refractivity contribution is -0.139. The Kier molecular flexibility index (Phi) is 7.56. The summed E-state index contributed by atoms with van der Waals surface area (Å²) in [6.45, 7) is 2.90. The zero-order valence-corrected chi connectivity index (χ0v) is 13.1. The van der Waals surface area contributed by atoms with Crippen molar-refractivity contribution >= 4 is 21.9 Å². The van der Waals surface area contributed by atoms with Crippen LogP contribution in [0.25, 0.3) is 0 Å². The molecule has 0 aromatic heterocycles. The van der Waals surface area contributed by atoms with Crippen LogP contribution < -0.4 is 4.74 Å². The molecule has 4 heteroatoms. The number of esters is 1. The molecular formula is C15H21BrO3. The van der Waals surface area contributed by atoms with Crippen molar-refractivity contribution in [1.29, 1.82) is 0 Å². The molecule has 0 aliphatic rings. The molecule has 0 amide bonds. The fraction of sp³-hybridized carbons (Fsp3) is 0.533. The average Bonchev–Trinajstić information content (AvgIpc) is 2.44. The number of ether oxygens (including phenoxy) is 2. The second-order valence-corrected chi connectivity index (χ2v) is 5.16. The maximum atomic E-state index is 11.1. The molecule has 19 heavy (non-hydrogen) atoms. The number of rotatable bonds is 8. The molecule has 1 rings (SSSR count). The van der Waals surface area contributed by atoms with Crippen molar-refractivity contribution in [3.8, 4) is 5.75 Å². The van der Waals surface area contributed by atoms with Gasteiger partial charge in [0.2, 0.25) is 0 Å². The summed E-state index contributed by atoms with van der Waals surface area (Å²) in [6.07, 6.45) is 2.63. The Bertz CT molecular complexity index is 375. The minimum Gasteiger partial charge on any atom is -0.493 e. The van der Waals surface area contributed by atoms with Crippen LogP contribution in [0.15, 0.2) is 24.3 Å². The van der Waals surface area contributed by atoms with E-state index in [4.69, 9.17) is 4.74 Å². The smallest absolute Gasteiger partial charge is 0.309 e. The summed E-state index contributed by atoms with van der Waals surface area (Å²) >= 11 is 3.51. The van der Waals surface area contributed by atoms with E-state index in [1.54, 1.807) is 0 Å². The van der Waals surface area contributed by atoms with Crippen LogP contribution in [0.3, 0.4) is 0 Å². The Hall–Kier alpha value is -1.03. The van der Waals surface area contributed by atoms with Crippen molar-refractivity contribution in [3.63, 3.8) is 0 Å². The summed E-state index contributed by atoms with van der Waals surface area (Å²) in [5, 5.41) is 0.960. The summed E-state index contributed by atoms with van der Waals surface area (Å²) in [4.78, 5) is 11.1. The van der Waals surface area contributed by atoms with E-state index in [-0.39, 0.29) is 5.97 Å². The van der Waals surface area contributed by atoms with E-state index in [0.29, 0.717) is 12.3 Å². The first kappa shape index (κ1) is 16.0. The van der Waals surface area contributed by atoms with Crippen LogP contribution in [0, 0.1) is 5.92 Å². The van der Waals surface area contributed by atoms with Crippen LogP contribution in [0.2, 0.25) is 0 Å². The van der Waals surface area contributed by atoms with E-state index < -0.39 is 0 Å². The SMILES string of the molecule is CCCC(CBr)COc1ccc(CC(=O)OC)cc1. The maximum absolute atomic E-state index is 11.1. The van der Waals surface area contributed by atoms with Gasteiger partial charge in [-0.1, -0.05) is 41.4 Å². The zero-order chi connectivity index (χ0) is 14.1. The predicted molar refractivity (Wildman–Crippen MR) is 79.8 cm³/mol. The molecule has 0 aliphatic heterocycles. The first-order chi connectivity index (χ1) is 9.19. The van der Waals surface area contributed by atoms with Gasteiger partial charge in [0.25, 0.3) is 0 Å². The lowest BCUT2D eigenvalue weighted by Crippen LogP contribution is -2.13. The van der Waals surface area contributed by atoms with E-state index in [2.05, 4.69) is 27.6 Å². The predicted octanol–water partition coefficient (Wildman–Crippen LogP) is 3.59. The van der Waals surface area contributed by atoms with Crippen LogP contribution in [-0.4, -0.2) is 25.0 Å². The van der Waals surface area contributed by atoms with Crippen molar-refractivity contribution in [1.82, 2.24) is 0 Å². The number of carbonyl (C=O) groups is 1. The fourth-order valence-corrected chi connectivity index (χ4v) is 2.28. The number of alkyl halides is 1. The molecule has 0 heterocycles. The van der Waals surface area contributed by atoms with Crippen molar-refractivity contribution in [3.05, 3.63) is 29.8 Å². The first-order valence-corrected chi connectivity index (χ1v) is 7.66. The van der Waals surface area contributed by atoms with Gasteiger partial charge < -0.3 is 9.47 Å². The minimum atomic E-state index is -0.226. The van der Waals surface area contributed by atoms with E-state index in [1.165, 1.54) is 7.11 Å². The summed E-state index contributed by atoms with van der Waals surface area (Å²) in [7, 11) is 1.40. The zero-order valence-electron chi connectivity index (χ0n) is 11.5. The minimum absolute atomic E-state index is 0.226. The number of halogens is 1. The Morgan fingerprint density at radius 3 is 2.53 bits per heavy atom. The third kappa shape index (κ3) is 6.10. The van der Waals surface area contributed by atoms with Crippen LogP contribution in [0.5, 0.6) is 5.75 Å². The van der Waals surface area contributed by atoms with Gasteiger partial charge in [-0.15, -0.1) is 0 Å². The van der Waals surface area contributed by atoms with E-state index >= 15 is 0 Å². The third-order valence-corrected chi connectivity index (χ3v) is 3.82. The standard InChI is InChI=1S/C15H21BrO3/c1-3-4-13(10-16)11-19-14-7-5-12(6-8-14)9-15(17)18-2/h5-8,13H,3-4,9-11H2,1-2H3. The second kappa shape index (κ2) is 8.97. The first-order valence-electron chi connectivity index (χ1n) is 6.54. The van der Waals surface area contributed by atoms with Gasteiger partial charge in [0.15, 0.2) is 0 Å². The fourth-order valence-electron chi connectivity index (χ4n) is 1.77. The molecule has 1 aromatic carbocycles. The normalized spacial score (nSPS) is 11.9. The van der Waals surface area contributed by atoms with Crippen molar-refractivity contribution in [2.24, 2.45) is 5.92 Å². The van der Waals surface area contributed by atoms with Crippen LogP contribution in [0.4, 0.5) is 0 Å². The van der Waals surface area contributed by atoms with E-state index in [0.717, 1.165) is 36.1 Å². The molecule has 1 unspecified atom stereocenters. The lowest BCUT2D eigenvalue weighted by atomic mass is 10.1. The molecule has 0 N–H and O–H groups in total. The van der Waals surface area contributed by atoms with Gasteiger partial charge in [-0.2, -0.15) is 0 Å². The average molecular weight is 329 g/mol. The Balaban J connectivity index is 2.45. The molecular weight excluding hydrogens is 308 g/mol. The lowest BCUT2D eigenvalue weighted by Gasteiger charge is -2.14. The molecule has 1 atom stereocenters. The largest absolute Gasteiger partial charge is 0.493 e. The molecule has 0 aliphatic carbocycles. The molecule has 0 bridgehead atoms. The molecule has 3 nitrogen and oxygen atoms in total. The number of hydrogen-bond donors (Lipinski definition) is 0. The highest BCUT2D eigenvalue weighted by Gasteiger charge is 2.07. The Labute approximate surface area is 123 Å². The third-order valence-electron chi connectivity index (χ3n) is 2.90. The summed E-state index contributed by atoms with van der Waals surface area (Å²) in [5.41, 5.74) is 0.935. The van der Waals surface area contributed by atoms with E-state index in [9.17, 15) is 4.79 Å². The van der Waals surface area contributed by atoms with Crippen LogP contribution >= 0.6 is 15.9 Å². The van der Waals surface area contributed by atoms with E-state index in [1.807, 2.05) is 24.3 Å². The summed E-state index contributed by atoms with van der Waals surface area (Å²) in [5.74, 6) is 1.16. The van der Waals surface area contributed by atoms with Gasteiger partial charge in [0.1, 0.15) is 5.75 Å². The number of hydrogen-bond acceptors (Lipinski definition) is 3. The molecule has 106 valence electrons. The highest BCUT2D eigenvalue weighted by atomic mass is 79.9. The van der Waals surface area contributed by atoms with Crippen LogP contribution in [0.1, 0.15) is 25.3 Å². The highest BCUT2D eigenvalue weighted by Crippen LogP contribution is 2.16. The van der Waals surface area contributed by atoms with Crippen LogP contribution in [-0.2, 0) is 16.0 Å². The van der Waals surface area contributed by atoms with Gasteiger partial charge >= 0.3 is 5.97 Å². The van der Waals surface area contributed by atoms with Crippen molar-refractivity contribution in [2.45, 2.75) is 26.2 Å². The monoisotopic (exact) mass is 328 g/mol. The number of carbonyl (C=O) groups excluding carboxylic acids is 1.